The Hall–Kier alpha value is -3.33. The van der Waals surface area contributed by atoms with Gasteiger partial charge in [0.15, 0.2) is 11.8 Å². The topological polar surface area (TPSA) is 77.9 Å². The first-order valence-electron chi connectivity index (χ1n) is 10.8. The Morgan fingerprint density at radius 2 is 1.76 bits per heavy atom. The van der Waals surface area contributed by atoms with E-state index in [1.54, 1.807) is 63.2 Å². The van der Waals surface area contributed by atoms with Gasteiger partial charge in [-0.3, -0.25) is 0 Å². The fraction of sp³-hybridized carbons (Fsp3) is 0.360. The maximum Gasteiger partial charge on any atom is 0.433 e. The lowest BCUT2D eigenvalue weighted by molar-refractivity contribution is -0.150. The summed E-state index contributed by atoms with van der Waals surface area (Å²) in [5, 5.41) is 9.69. The first-order valence-corrected chi connectivity index (χ1v) is 10.8. The third-order valence-electron chi connectivity index (χ3n) is 4.93. The number of para-hydroxylation sites is 1. The van der Waals surface area contributed by atoms with Crippen LogP contribution in [0, 0.1) is 0 Å². The summed E-state index contributed by atoms with van der Waals surface area (Å²) in [6.07, 6.45) is -5.89. The average molecular weight is 477 g/mol. The number of carboxylic acid groups (broad SMARTS) is 1. The molecule has 3 aromatic rings. The number of carboxylic acids is 1. The molecule has 6 nitrogen and oxygen atoms in total. The number of hydrogen-bond donors (Lipinski definition) is 1. The Morgan fingerprint density at radius 1 is 1.09 bits per heavy atom. The molecule has 0 fully saturated rings. The quantitative estimate of drug-likeness (QED) is 0.407. The van der Waals surface area contributed by atoms with Gasteiger partial charge in [-0.25, -0.2) is 9.78 Å². The molecule has 3 rings (SSSR count). The number of rotatable bonds is 10. The summed E-state index contributed by atoms with van der Waals surface area (Å²) in [6, 6.07) is 12.9. The number of aliphatic carboxylic acids is 1. The van der Waals surface area contributed by atoms with Gasteiger partial charge in [-0.2, -0.15) is 13.2 Å². The molecule has 182 valence electrons. The molecular weight excluding hydrogens is 451 g/mol. The molecule has 0 aliphatic heterocycles. The van der Waals surface area contributed by atoms with Gasteiger partial charge in [0.1, 0.15) is 18.1 Å². The van der Waals surface area contributed by atoms with Crippen LogP contribution in [0.25, 0.3) is 10.9 Å². The van der Waals surface area contributed by atoms with Crippen molar-refractivity contribution in [2.45, 2.75) is 52.2 Å². The molecule has 0 radical (unpaired) electrons. The Labute approximate surface area is 195 Å². The van der Waals surface area contributed by atoms with E-state index in [9.17, 15) is 23.1 Å². The normalized spacial score (nSPS) is 12.7. The van der Waals surface area contributed by atoms with Crippen LogP contribution in [0.5, 0.6) is 11.5 Å². The average Bonchev–Trinajstić information content (AvgIpc) is 2.77. The van der Waals surface area contributed by atoms with Crippen LogP contribution in [-0.2, 0) is 28.7 Å². The van der Waals surface area contributed by atoms with E-state index in [1.807, 2.05) is 0 Å². The molecule has 1 aromatic heterocycles. The zero-order valence-corrected chi connectivity index (χ0v) is 19.1. The Balaban J connectivity index is 1.90. The Bertz CT molecular complexity index is 1130. The van der Waals surface area contributed by atoms with Crippen LogP contribution in [0.4, 0.5) is 13.2 Å². The van der Waals surface area contributed by atoms with Crippen molar-refractivity contribution in [2.75, 3.05) is 6.61 Å². The van der Waals surface area contributed by atoms with Crippen LogP contribution in [0.15, 0.2) is 48.5 Å². The monoisotopic (exact) mass is 477 g/mol. The summed E-state index contributed by atoms with van der Waals surface area (Å²) < 4.78 is 58.4. The number of aromatic nitrogens is 1. The Morgan fingerprint density at radius 3 is 2.35 bits per heavy atom. The van der Waals surface area contributed by atoms with Gasteiger partial charge in [0.05, 0.1) is 17.2 Å². The number of benzene rings is 2. The molecule has 1 heterocycles. The number of ether oxygens (including phenoxy) is 3. The first-order chi connectivity index (χ1) is 16.1. The van der Waals surface area contributed by atoms with Gasteiger partial charge in [0.25, 0.3) is 0 Å². The highest BCUT2D eigenvalue weighted by Gasteiger charge is 2.38. The zero-order valence-electron chi connectivity index (χ0n) is 19.1. The predicted molar refractivity (Wildman–Crippen MR) is 120 cm³/mol. The van der Waals surface area contributed by atoms with Gasteiger partial charge in [0, 0.05) is 18.4 Å². The van der Waals surface area contributed by atoms with Crippen molar-refractivity contribution < 1.29 is 37.3 Å². The summed E-state index contributed by atoms with van der Waals surface area (Å²) in [6.45, 7) is 5.03. The van der Waals surface area contributed by atoms with Crippen LogP contribution in [0.3, 0.4) is 0 Å². The molecule has 0 amide bonds. The molecule has 0 bridgehead atoms. The first kappa shape index (κ1) is 25.3. The van der Waals surface area contributed by atoms with Gasteiger partial charge >= 0.3 is 12.1 Å². The third-order valence-corrected chi connectivity index (χ3v) is 4.93. The highest BCUT2D eigenvalue weighted by molar-refractivity contribution is 5.87. The number of nitrogens with zero attached hydrogens (tertiary/aromatic N) is 1. The van der Waals surface area contributed by atoms with Gasteiger partial charge < -0.3 is 19.3 Å². The number of alkyl halides is 3. The summed E-state index contributed by atoms with van der Waals surface area (Å²) in [5.41, 5.74) is -0.369. The smallest absolute Gasteiger partial charge is 0.433 e. The van der Waals surface area contributed by atoms with Gasteiger partial charge in [-0.1, -0.05) is 24.3 Å². The minimum atomic E-state index is -4.70. The standard InChI is InChI=1S/C25H26F3NO5/c1-4-32-21(24(30)31)13-16-9-11-17(12-10-16)33-14-19-22(34-15(2)3)18-7-5-6-8-20(18)29-23(19)25(26,27)28/h5-12,15,21H,4,13-14H2,1-3H3,(H,30,31). The van der Waals surface area contributed by atoms with Crippen LogP contribution in [0.1, 0.15) is 37.6 Å². The number of halogens is 3. The maximum atomic E-state index is 13.9. The minimum absolute atomic E-state index is 0.0885. The van der Waals surface area contributed by atoms with Crippen molar-refractivity contribution in [3.05, 3.63) is 65.4 Å². The van der Waals surface area contributed by atoms with E-state index in [0.29, 0.717) is 16.7 Å². The molecule has 1 N–H and O–H groups in total. The molecular formula is C25H26F3NO5. The number of pyridine rings is 1. The van der Waals surface area contributed by atoms with Crippen molar-refractivity contribution in [1.82, 2.24) is 4.98 Å². The predicted octanol–water partition coefficient (Wildman–Crippen LogP) is 5.65. The molecule has 34 heavy (non-hydrogen) atoms. The van der Waals surface area contributed by atoms with Gasteiger partial charge in [-0.15, -0.1) is 0 Å². The van der Waals surface area contributed by atoms with Crippen LogP contribution in [0.2, 0.25) is 0 Å². The van der Waals surface area contributed by atoms with E-state index in [0.717, 1.165) is 0 Å². The minimum Gasteiger partial charge on any atom is -0.490 e. The van der Waals surface area contributed by atoms with Crippen LogP contribution in [-0.4, -0.2) is 34.9 Å². The van der Waals surface area contributed by atoms with Crippen molar-refractivity contribution in [2.24, 2.45) is 0 Å². The summed E-state index contributed by atoms with van der Waals surface area (Å²) in [4.78, 5) is 15.1. The van der Waals surface area contributed by atoms with Crippen LogP contribution >= 0.6 is 0 Å². The summed E-state index contributed by atoms with van der Waals surface area (Å²) >= 11 is 0. The number of carbonyl (C=O) groups is 1. The van der Waals surface area contributed by atoms with Gasteiger partial charge in [-0.05, 0) is 50.6 Å². The lowest BCUT2D eigenvalue weighted by atomic mass is 10.1. The molecule has 1 atom stereocenters. The molecule has 0 aliphatic rings. The number of fused-ring (bicyclic) bond motifs is 1. The van der Waals surface area contributed by atoms with Crippen molar-refractivity contribution >= 4 is 16.9 Å². The highest BCUT2D eigenvalue weighted by Crippen LogP contribution is 2.39. The molecule has 9 heteroatoms. The second-order valence-electron chi connectivity index (χ2n) is 7.87. The molecule has 0 spiro atoms. The maximum absolute atomic E-state index is 13.9. The molecule has 1 unspecified atom stereocenters. The van der Waals surface area contributed by atoms with Gasteiger partial charge in [0.2, 0.25) is 0 Å². The summed E-state index contributed by atoms with van der Waals surface area (Å²) in [5.74, 6) is -0.655. The second-order valence-corrected chi connectivity index (χ2v) is 7.87. The largest absolute Gasteiger partial charge is 0.490 e. The Kier molecular flexibility index (Phi) is 7.98. The lowest BCUT2D eigenvalue weighted by Crippen LogP contribution is -2.26. The molecule has 0 saturated carbocycles. The van der Waals surface area contributed by atoms with E-state index >= 15 is 0 Å². The van der Waals surface area contributed by atoms with E-state index in [1.165, 1.54) is 6.07 Å². The van der Waals surface area contributed by atoms with E-state index in [4.69, 9.17) is 14.2 Å². The SMILES string of the molecule is CCOC(Cc1ccc(OCc2c(C(F)(F)F)nc3ccccc3c2OC(C)C)cc1)C(=O)O. The van der Waals surface area contributed by atoms with Crippen molar-refractivity contribution in [3.63, 3.8) is 0 Å². The highest BCUT2D eigenvalue weighted by atomic mass is 19.4. The third kappa shape index (κ3) is 6.17. The van der Waals surface area contributed by atoms with Crippen LogP contribution < -0.4 is 9.47 Å². The molecule has 2 aromatic carbocycles. The fourth-order valence-corrected chi connectivity index (χ4v) is 3.47. The fourth-order valence-electron chi connectivity index (χ4n) is 3.47. The van der Waals surface area contributed by atoms with E-state index in [2.05, 4.69) is 4.98 Å². The lowest BCUT2D eigenvalue weighted by Gasteiger charge is -2.21. The number of hydrogen-bond acceptors (Lipinski definition) is 5. The zero-order chi connectivity index (χ0) is 24.9. The van der Waals surface area contributed by atoms with E-state index < -0.39 is 30.6 Å². The van der Waals surface area contributed by atoms with E-state index in [-0.39, 0.29) is 36.0 Å². The summed E-state index contributed by atoms with van der Waals surface area (Å²) in [7, 11) is 0. The second kappa shape index (κ2) is 10.7. The van der Waals surface area contributed by atoms with Crippen molar-refractivity contribution in [3.8, 4) is 11.5 Å². The molecule has 0 saturated heterocycles. The molecule has 0 aliphatic carbocycles. The van der Waals surface area contributed by atoms with Crippen molar-refractivity contribution in [1.29, 1.82) is 0 Å².